The van der Waals surface area contributed by atoms with Crippen molar-refractivity contribution in [2.45, 2.75) is 25.9 Å². The molecule has 17 heavy (non-hydrogen) atoms. The first-order chi connectivity index (χ1) is 8.11. The Labute approximate surface area is 99.4 Å². The van der Waals surface area contributed by atoms with Crippen LogP contribution in [0.3, 0.4) is 0 Å². The highest BCUT2D eigenvalue weighted by atomic mass is 16.5. The molecule has 2 rings (SSSR count). The number of carbonyl (C=O) groups is 1. The molecule has 0 bridgehead atoms. The van der Waals surface area contributed by atoms with Gasteiger partial charge in [0.15, 0.2) is 17.2 Å². The molecule has 1 aromatic heterocycles. The van der Waals surface area contributed by atoms with Crippen molar-refractivity contribution < 1.29 is 19.4 Å². The number of rotatable bonds is 5. The molecule has 92 valence electrons. The lowest BCUT2D eigenvalue weighted by molar-refractivity contribution is 0.0689. The summed E-state index contributed by atoms with van der Waals surface area (Å²) in [6, 6.07) is 1.37. The summed E-state index contributed by atoms with van der Waals surface area (Å²) in [6.45, 7) is 2.00. The molecule has 1 saturated carbocycles. The first-order valence-corrected chi connectivity index (χ1v) is 5.55. The summed E-state index contributed by atoms with van der Waals surface area (Å²) < 4.78 is 10.8. The van der Waals surface area contributed by atoms with E-state index in [2.05, 4.69) is 4.98 Å². The number of carboxylic acids is 1. The number of aromatic carboxylic acids is 1. The van der Waals surface area contributed by atoms with Crippen LogP contribution in [0.5, 0.6) is 11.5 Å². The Kier molecular flexibility index (Phi) is 3.17. The average Bonchev–Trinajstić information content (AvgIpc) is 3.13. The highest BCUT2D eigenvalue weighted by molar-refractivity contribution is 5.86. The molecular weight excluding hydrogens is 222 g/mol. The molecule has 5 heteroatoms. The summed E-state index contributed by atoms with van der Waals surface area (Å²) in [7, 11) is 1.48. The van der Waals surface area contributed by atoms with Crippen molar-refractivity contribution in [2.24, 2.45) is 5.92 Å². The van der Waals surface area contributed by atoms with Gasteiger partial charge in [0, 0.05) is 6.07 Å². The van der Waals surface area contributed by atoms with Crippen molar-refractivity contribution in [1.29, 1.82) is 0 Å². The summed E-state index contributed by atoms with van der Waals surface area (Å²) in [5.74, 6) is 0.422. The third-order valence-corrected chi connectivity index (χ3v) is 2.87. The van der Waals surface area contributed by atoms with E-state index in [4.69, 9.17) is 14.6 Å². The smallest absolute Gasteiger partial charge is 0.354 e. The Morgan fingerprint density at radius 1 is 1.53 bits per heavy atom. The Bertz CT molecular complexity index is 429. The minimum Gasteiger partial charge on any atom is -0.493 e. The molecule has 0 spiro atoms. The third kappa shape index (κ3) is 2.67. The monoisotopic (exact) mass is 237 g/mol. The SMILES string of the molecule is COc1cc(C(=O)O)ncc1O[C@@H](C)C1CC1. The van der Waals surface area contributed by atoms with Crippen molar-refractivity contribution in [2.75, 3.05) is 7.11 Å². The molecule has 0 radical (unpaired) electrons. The van der Waals surface area contributed by atoms with E-state index in [0.29, 0.717) is 17.4 Å². The minimum absolute atomic E-state index is 0.0479. The molecule has 1 aromatic rings. The molecule has 0 unspecified atom stereocenters. The molecule has 0 saturated heterocycles. The van der Waals surface area contributed by atoms with Crippen LogP contribution in [-0.4, -0.2) is 29.3 Å². The molecule has 0 amide bonds. The predicted octanol–water partition coefficient (Wildman–Crippen LogP) is 1.97. The van der Waals surface area contributed by atoms with E-state index in [-0.39, 0.29) is 11.8 Å². The summed E-state index contributed by atoms with van der Waals surface area (Å²) in [4.78, 5) is 14.6. The molecular formula is C12H15NO4. The Morgan fingerprint density at radius 2 is 2.24 bits per heavy atom. The molecule has 1 N–H and O–H groups in total. The molecule has 1 aliphatic carbocycles. The van der Waals surface area contributed by atoms with Gasteiger partial charge in [-0.25, -0.2) is 9.78 Å². The number of nitrogens with zero attached hydrogens (tertiary/aromatic N) is 1. The number of ether oxygens (including phenoxy) is 2. The van der Waals surface area contributed by atoms with Gasteiger partial charge in [-0.1, -0.05) is 0 Å². The van der Waals surface area contributed by atoms with E-state index in [1.807, 2.05) is 6.92 Å². The normalized spacial score (nSPS) is 16.4. The van der Waals surface area contributed by atoms with Crippen LogP contribution in [0.4, 0.5) is 0 Å². The van der Waals surface area contributed by atoms with Crippen LogP contribution in [0.15, 0.2) is 12.3 Å². The van der Waals surface area contributed by atoms with E-state index in [9.17, 15) is 4.79 Å². The van der Waals surface area contributed by atoms with E-state index in [1.54, 1.807) is 0 Å². The van der Waals surface area contributed by atoms with E-state index < -0.39 is 5.97 Å². The first-order valence-electron chi connectivity index (χ1n) is 5.55. The van der Waals surface area contributed by atoms with E-state index in [1.165, 1.54) is 32.2 Å². The largest absolute Gasteiger partial charge is 0.493 e. The highest BCUT2D eigenvalue weighted by Gasteiger charge is 2.30. The van der Waals surface area contributed by atoms with Crippen molar-refractivity contribution in [1.82, 2.24) is 4.98 Å². The van der Waals surface area contributed by atoms with Gasteiger partial charge in [-0.05, 0) is 25.7 Å². The average molecular weight is 237 g/mol. The Morgan fingerprint density at radius 3 is 2.76 bits per heavy atom. The van der Waals surface area contributed by atoms with Crippen LogP contribution in [0.25, 0.3) is 0 Å². The van der Waals surface area contributed by atoms with Gasteiger partial charge in [0.05, 0.1) is 19.4 Å². The van der Waals surface area contributed by atoms with Gasteiger partial charge in [0.2, 0.25) is 0 Å². The summed E-state index contributed by atoms with van der Waals surface area (Å²) in [5, 5.41) is 8.82. The van der Waals surface area contributed by atoms with Crippen molar-refractivity contribution in [3.8, 4) is 11.5 Å². The van der Waals surface area contributed by atoms with E-state index in [0.717, 1.165) is 0 Å². The number of aromatic nitrogens is 1. The Hall–Kier alpha value is -1.78. The van der Waals surface area contributed by atoms with Crippen LogP contribution in [0.2, 0.25) is 0 Å². The lowest BCUT2D eigenvalue weighted by atomic mass is 10.2. The van der Waals surface area contributed by atoms with Gasteiger partial charge < -0.3 is 14.6 Å². The molecule has 0 aliphatic heterocycles. The van der Waals surface area contributed by atoms with Gasteiger partial charge in [-0.15, -0.1) is 0 Å². The van der Waals surface area contributed by atoms with E-state index >= 15 is 0 Å². The predicted molar refractivity (Wildman–Crippen MR) is 60.6 cm³/mol. The number of methoxy groups -OCH3 is 1. The Balaban J connectivity index is 2.17. The fourth-order valence-electron chi connectivity index (χ4n) is 1.65. The molecule has 1 aliphatic rings. The quantitative estimate of drug-likeness (QED) is 0.847. The highest BCUT2D eigenvalue weighted by Crippen LogP contribution is 2.36. The van der Waals surface area contributed by atoms with Crippen LogP contribution < -0.4 is 9.47 Å². The lowest BCUT2D eigenvalue weighted by Gasteiger charge is -2.16. The second kappa shape index (κ2) is 4.61. The van der Waals surface area contributed by atoms with Gasteiger partial charge >= 0.3 is 5.97 Å². The van der Waals surface area contributed by atoms with Crippen molar-refractivity contribution in [3.05, 3.63) is 18.0 Å². The standard InChI is InChI=1S/C12H15NO4/c1-7(8-3-4-8)17-11-6-13-9(12(14)15)5-10(11)16-2/h5-8H,3-4H2,1-2H3,(H,14,15)/t7-/m0/s1. The number of pyridine rings is 1. The lowest BCUT2D eigenvalue weighted by Crippen LogP contribution is -2.15. The van der Waals surface area contributed by atoms with Crippen molar-refractivity contribution >= 4 is 5.97 Å². The fourth-order valence-corrected chi connectivity index (χ4v) is 1.65. The zero-order valence-corrected chi connectivity index (χ0v) is 9.84. The van der Waals surface area contributed by atoms with Crippen molar-refractivity contribution in [3.63, 3.8) is 0 Å². The molecule has 1 heterocycles. The first kappa shape index (κ1) is 11.7. The minimum atomic E-state index is -1.08. The summed E-state index contributed by atoms with van der Waals surface area (Å²) in [6.07, 6.45) is 3.89. The maximum Gasteiger partial charge on any atom is 0.354 e. The zero-order chi connectivity index (χ0) is 12.4. The second-order valence-electron chi connectivity index (χ2n) is 4.19. The summed E-state index contributed by atoms with van der Waals surface area (Å²) >= 11 is 0. The molecule has 1 fully saturated rings. The maximum atomic E-state index is 10.8. The maximum absolute atomic E-state index is 10.8. The number of hydrogen-bond donors (Lipinski definition) is 1. The van der Waals surface area contributed by atoms with Gasteiger partial charge in [-0.2, -0.15) is 0 Å². The van der Waals surface area contributed by atoms with Gasteiger partial charge in [-0.3, -0.25) is 0 Å². The molecule has 0 aromatic carbocycles. The topological polar surface area (TPSA) is 68.7 Å². The fraction of sp³-hybridized carbons (Fsp3) is 0.500. The molecule has 1 atom stereocenters. The van der Waals surface area contributed by atoms with Crippen LogP contribution in [0, 0.1) is 5.92 Å². The second-order valence-corrected chi connectivity index (χ2v) is 4.19. The number of carboxylic acid groups (broad SMARTS) is 1. The van der Waals surface area contributed by atoms with Crippen LogP contribution in [0.1, 0.15) is 30.3 Å². The number of hydrogen-bond acceptors (Lipinski definition) is 4. The molecule has 5 nitrogen and oxygen atoms in total. The van der Waals surface area contributed by atoms with Gasteiger partial charge in [0.1, 0.15) is 0 Å². The van der Waals surface area contributed by atoms with Crippen LogP contribution in [-0.2, 0) is 0 Å². The van der Waals surface area contributed by atoms with Gasteiger partial charge in [0.25, 0.3) is 0 Å². The zero-order valence-electron chi connectivity index (χ0n) is 9.84. The summed E-state index contributed by atoms with van der Waals surface area (Å²) in [5.41, 5.74) is -0.0479. The third-order valence-electron chi connectivity index (χ3n) is 2.87. The van der Waals surface area contributed by atoms with Crippen LogP contribution >= 0.6 is 0 Å².